The third-order valence-corrected chi connectivity index (χ3v) is 6.15. The van der Waals surface area contributed by atoms with E-state index in [2.05, 4.69) is 20.6 Å². The fourth-order valence-corrected chi connectivity index (χ4v) is 4.18. The van der Waals surface area contributed by atoms with Crippen LogP contribution in [0, 0.1) is 0 Å². The van der Waals surface area contributed by atoms with Crippen molar-refractivity contribution in [2.45, 2.75) is 50.2 Å². The van der Waals surface area contributed by atoms with Crippen molar-refractivity contribution in [3.63, 3.8) is 0 Å². The average molecular weight is 418 g/mol. The van der Waals surface area contributed by atoms with Gasteiger partial charge in [0.15, 0.2) is 0 Å². The van der Waals surface area contributed by atoms with Crippen LogP contribution in [0.15, 0.2) is 42.6 Å². The van der Waals surface area contributed by atoms with Crippen LogP contribution in [0.2, 0.25) is 0 Å². The van der Waals surface area contributed by atoms with Gasteiger partial charge in [0, 0.05) is 40.8 Å². The van der Waals surface area contributed by atoms with E-state index in [1.165, 1.54) is 0 Å². The molecule has 2 aromatic carbocycles. The van der Waals surface area contributed by atoms with Crippen LogP contribution in [-0.2, 0) is 0 Å². The predicted molar refractivity (Wildman–Crippen MR) is 121 cm³/mol. The fraction of sp³-hybridized carbons (Fsp3) is 0.375. The number of hydrogen-bond donors (Lipinski definition) is 3. The maximum Gasteiger partial charge on any atom is 0.251 e. The molecule has 31 heavy (non-hydrogen) atoms. The zero-order valence-corrected chi connectivity index (χ0v) is 17.6. The molecule has 7 heteroatoms. The first kappa shape index (κ1) is 19.8. The van der Waals surface area contributed by atoms with E-state index in [0.29, 0.717) is 17.6 Å². The molecule has 4 N–H and O–H groups in total. The van der Waals surface area contributed by atoms with Gasteiger partial charge in [-0.1, -0.05) is 6.07 Å². The van der Waals surface area contributed by atoms with Crippen LogP contribution >= 0.6 is 0 Å². The number of nitrogens with zero attached hydrogens (tertiary/aromatic N) is 2. The number of rotatable bonds is 6. The minimum absolute atomic E-state index is 0.0450. The summed E-state index contributed by atoms with van der Waals surface area (Å²) in [4.78, 5) is 21.7. The zero-order chi connectivity index (χ0) is 21.4. The molecule has 2 aliphatic carbocycles. The molecule has 2 aliphatic rings. The molecule has 160 valence electrons. The molecular formula is C24H27N5O2. The highest BCUT2D eigenvalue weighted by atomic mass is 16.5. The fourth-order valence-electron chi connectivity index (χ4n) is 4.18. The highest BCUT2D eigenvalue weighted by Crippen LogP contribution is 2.33. The molecular weight excluding hydrogens is 390 g/mol. The molecule has 1 aromatic heterocycles. The Bertz CT molecular complexity index is 1130. The van der Waals surface area contributed by atoms with Crippen LogP contribution < -0.4 is 21.1 Å². The van der Waals surface area contributed by atoms with Gasteiger partial charge in [-0.3, -0.25) is 4.79 Å². The molecule has 2 saturated carbocycles. The summed E-state index contributed by atoms with van der Waals surface area (Å²) >= 11 is 0. The lowest BCUT2D eigenvalue weighted by molar-refractivity contribution is 0.0951. The molecule has 2 fully saturated rings. The Balaban J connectivity index is 1.44. The average Bonchev–Trinajstić information content (AvgIpc) is 3.52. The number of nitrogens with one attached hydrogen (secondary N) is 2. The Morgan fingerprint density at radius 2 is 2.00 bits per heavy atom. The van der Waals surface area contributed by atoms with Gasteiger partial charge in [0.05, 0.1) is 12.6 Å². The highest BCUT2D eigenvalue weighted by molar-refractivity contribution is 5.97. The largest absolute Gasteiger partial charge is 0.496 e. The second-order valence-electron chi connectivity index (χ2n) is 8.48. The summed E-state index contributed by atoms with van der Waals surface area (Å²) in [5.41, 5.74) is 9.46. The van der Waals surface area contributed by atoms with Crippen molar-refractivity contribution in [1.29, 1.82) is 0 Å². The van der Waals surface area contributed by atoms with E-state index in [4.69, 9.17) is 10.5 Å². The van der Waals surface area contributed by atoms with Crippen molar-refractivity contribution in [2.75, 3.05) is 12.4 Å². The Kier molecular flexibility index (Phi) is 5.19. The second-order valence-corrected chi connectivity index (χ2v) is 8.48. The summed E-state index contributed by atoms with van der Waals surface area (Å²) in [7, 11) is 1.64. The standard InChI is InChI=1S/C24H27N5O2/c1-31-22-10-6-15(23(30)27-17-7-8-17)12-18(22)14-5-9-20-16(11-14)13-26-24(28-20)29-21-4-2-3-19(21)25/h5-6,9-13,17,19,21H,2-4,7-8,25H2,1H3,(H,27,30)(H,26,28,29)/t19-,21+/m0/s1. The number of nitrogens with two attached hydrogens (primary N) is 1. The zero-order valence-electron chi connectivity index (χ0n) is 17.6. The minimum atomic E-state index is -0.0450. The molecule has 0 bridgehead atoms. The first-order valence-electron chi connectivity index (χ1n) is 10.9. The van der Waals surface area contributed by atoms with E-state index in [1.807, 2.05) is 36.5 Å². The van der Waals surface area contributed by atoms with Crippen molar-refractivity contribution in [1.82, 2.24) is 15.3 Å². The maximum absolute atomic E-state index is 12.5. The van der Waals surface area contributed by atoms with Crippen molar-refractivity contribution < 1.29 is 9.53 Å². The smallest absolute Gasteiger partial charge is 0.251 e. The number of carbonyl (C=O) groups is 1. The lowest BCUT2D eigenvalue weighted by atomic mass is 10.00. The summed E-state index contributed by atoms with van der Waals surface area (Å²) in [5.74, 6) is 1.28. The Labute approximate surface area is 181 Å². The third-order valence-electron chi connectivity index (χ3n) is 6.15. The van der Waals surface area contributed by atoms with Crippen LogP contribution in [-0.4, -0.2) is 41.1 Å². The molecule has 0 radical (unpaired) electrons. The van der Waals surface area contributed by atoms with Gasteiger partial charge >= 0.3 is 0 Å². The summed E-state index contributed by atoms with van der Waals surface area (Å²) < 4.78 is 5.56. The summed E-state index contributed by atoms with van der Waals surface area (Å²) in [6.07, 6.45) is 7.16. The number of hydrogen-bond acceptors (Lipinski definition) is 6. The summed E-state index contributed by atoms with van der Waals surface area (Å²) in [5, 5.41) is 7.34. The number of ether oxygens (including phenoxy) is 1. The Morgan fingerprint density at radius 1 is 1.13 bits per heavy atom. The van der Waals surface area contributed by atoms with Gasteiger partial charge in [-0.15, -0.1) is 0 Å². The predicted octanol–water partition coefficient (Wildman–Crippen LogP) is 3.49. The number of anilines is 1. The first-order valence-corrected chi connectivity index (χ1v) is 10.9. The van der Waals surface area contributed by atoms with E-state index >= 15 is 0 Å². The molecule has 0 saturated heterocycles. The van der Waals surface area contributed by atoms with Crippen LogP contribution in [0.25, 0.3) is 22.0 Å². The number of methoxy groups -OCH3 is 1. The van der Waals surface area contributed by atoms with Gasteiger partial charge in [-0.05, 0) is 68.0 Å². The van der Waals surface area contributed by atoms with Crippen LogP contribution in [0.4, 0.5) is 5.95 Å². The molecule has 0 aliphatic heterocycles. The molecule has 1 amide bonds. The number of benzene rings is 2. The number of aromatic nitrogens is 2. The molecule has 0 spiro atoms. The van der Waals surface area contributed by atoms with E-state index in [1.54, 1.807) is 13.2 Å². The second kappa shape index (κ2) is 8.15. The quantitative estimate of drug-likeness (QED) is 0.567. The molecule has 3 aromatic rings. The van der Waals surface area contributed by atoms with Crippen molar-refractivity contribution in [3.05, 3.63) is 48.2 Å². The third kappa shape index (κ3) is 4.18. The number of amides is 1. The van der Waals surface area contributed by atoms with Gasteiger partial charge in [-0.25, -0.2) is 9.97 Å². The first-order chi connectivity index (χ1) is 15.1. The van der Waals surface area contributed by atoms with Crippen molar-refractivity contribution in [3.8, 4) is 16.9 Å². The SMILES string of the molecule is COc1ccc(C(=O)NC2CC2)cc1-c1ccc2nc(N[C@@H]3CCC[C@@H]3N)ncc2c1. The van der Waals surface area contributed by atoms with E-state index in [9.17, 15) is 4.79 Å². The maximum atomic E-state index is 12.5. The van der Waals surface area contributed by atoms with Gasteiger partial charge in [0.25, 0.3) is 5.91 Å². The van der Waals surface area contributed by atoms with E-state index in [0.717, 1.165) is 59.9 Å². The van der Waals surface area contributed by atoms with E-state index < -0.39 is 0 Å². The minimum Gasteiger partial charge on any atom is -0.496 e. The van der Waals surface area contributed by atoms with Crippen LogP contribution in [0.5, 0.6) is 5.75 Å². The Hall–Kier alpha value is -3.19. The lowest BCUT2D eigenvalue weighted by Gasteiger charge is -2.17. The molecule has 0 unspecified atom stereocenters. The summed E-state index contributed by atoms with van der Waals surface area (Å²) in [6.45, 7) is 0. The van der Waals surface area contributed by atoms with Gasteiger partial charge in [-0.2, -0.15) is 0 Å². The van der Waals surface area contributed by atoms with Crippen molar-refractivity contribution >= 4 is 22.8 Å². The van der Waals surface area contributed by atoms with Gasteiger partial charge in [0.1, 0.15) is 5.75 Å². The summed E-state index contributed by atoms with van der Waals surface area (Å²) in [6, 6.07) is 12.2. The lowest BCUT2D eigenvalue weighted by Crippen LogP contribution is -2.35. The molecule has 7 nitrogen and oxygen atoms in total. The Morgan fingerprint density at radius 3 is 2.74 bits per heavy atom. The monoisotopic (exact) mass is 417 g/mol. The number of fused-ring (bicyclic) bond motifs is 1. The van der Waals surface area contributed by atoms with Gasteiger partial charge < -0.3 is 21.1 Å². The number of carbonyl (C=O) groups excluding carboxylic acids is 1. The molecule has 5 rings (SSSR count). The van der Waals surface area contributed by atoms with E-state index in [-0.39, 0.29) is 18.0 Å². The van der Waals surface area contributed by atoms with Gasteiger partial charge in [0.2, 0.25) is 5.95 Å². The molecule has 2 atom stereocenters. The molecule has 1 heterocycles. The van der Waals surface area contributed by atoms with Crippen LogP contribution in [0.1, 0.15) is 42.5 Å². The van der Waals surface area contributed by atoms with Crippen molar-refractivity contribution in [2.24, 2.45) is 5.73 Å². The topological polar surface area (TPSA) is 102 Å². The normalized spacial score (nSPS) is 20.6. The van der Waals surface area contributed by atoms with Crippen LogP contribution in [0.3, 0.4) is 0 Å². The highest BCUT2D eigenvalue weighted by Gasteiger charge is 2.25.